The molecule has 4 rings (SSSR count). The lowest BCUT2D eigenvalue weighted by molar-refractivity contribution is 0.192. The monoisotopic (exact) mass is 327 g/mol. The fraction of sp³-hybridized carbons (Fsp3) is 0.294. The zero-order valence-electron chi connectivity index (χ0n) is 13.2. The molecule has 0 aliphatic carbocycles. The molecule has 0 atom stereocenters. The van der Waals surface area contributed by atoms with Crippen molar-refractivity contribution < 1.29 is 4.39 Å². The van der Waals surface area contributed by atoms with Crippen LogP contribution < -0.4 is 10.6 Å². The second-order valence-corrected chi connectivity index (χ2v) is 5.91. The summed E-state index contributed by atoms with van der Waals surface area (Å²) in [6.07, 6.45) is 1.72. The molecule has 7 heteroatoms. The third kappa shape index (κ3) is 2.67. The molecule has 1 fully saturated rings. The molecular weight excluding hydrogens is 309 g/mol. The standard InChI is InChI=1S/C17H18FN5O/c18-14-5-1-2-6-15(14)21-11-9-20(10-12-21)13-23-17(24)22-8-4-3-7-16(22)19-23/h1-8H,9-13H2. The molecule has 0 saturated carbocycles. The van der Waals surface area contributed by atoms with E-state index in [1.807, 2.05) is 29.2 Å². The maximum atomic E-state index is 13.9. The summed E-state index contributed by atoms with van der Waals surface area (Å²) in [5, 5.41) is 4.35. The highest BCUT2D eigenvalue weighted by Gasteiger charge is 2.20. The summed E-state index contributed by atoms with van der Waals surface area (Å²) in [6.45, 7) is 3.42. The van der Waals surface area contributed by atoms with E-state index < -0.39 is 0 Å². The van der Waals surface area contributed by atoms with Crippen LogP contribution in [0.5, 0.6) is 0 Å². The quantitative estimate of drug-likeness (QED) is 0.730. The predicted octanol–water partition coefficient (Wildman–Crippen LogP) is 1.41. The predicted molar refractivity (Wildman–Crippen MR) is 89.6 cm³/mol. The minimum atomic E-state index is -0.192. The van der Waals surface area contributed by atoms with Crippen LogP contribution in [0.25, 0.3) is 5.65 Å². The van der Waals surface area contributed by atoms with Gasteiger partial charge in [0.15, 0.2) is 5.65 Å². The molecule has 2 aromatic heterocycles. The lowest BCUT2D eigenvalue weighted by Crippen LogP contribution is -2.48. The van der Waals surface area contributed by atoms with Crippen LogP contribution in [-0.2, 0) is 6.67 Å². The van der Waals surface area contributed by atoms with Gasteiger partial charge in [-0.1, -0.05) is 18.2 Å². The molecule has 1 aliphatic rings. The van der Waals surface area contributed by atoms with E-state index in [1.165, 1.54) is 15.1 Å². The second-order valence-electron chi connectivity index (χ2n) is 5.91. The molecule has 0 bridgehead atoms. The maximum Gasteiger partial charge on any atom is 0.351 e. The van der Waals surface area contributed by atoms with Crippen LogP contribution in [0, 0.1) is 5.82 Å². The summed E-state index contributed by atoms with van der Waals surface area (Å²) in [5.41, 5.74) is 1.15. The van der Waals surface area contributed by atoms with Crippen molar-refractivity contribution in [2.75, 3.05) is 31.1 Å². The van der Waals surface area contributed by atoms with Crippen LogP contribution in [0.1, 0.15) is 0 Å². The van der Waals surface area contributed by atoms with Crippen molar-refractivity contribution in [2.45, 2.75) is 6.67 Å². The van der Waals surface area contributed by atoms with E-state index in [4.69, 9.17) is 0 Å². The second kappa shape index (κ2) is 6.09. The summed E-state index contributed by atoms with van der Waals surface area (Å²) < 4.78 is 16.9. The Morgan fingerprint density at radius 3 is 2.50 bits per heavy atom. The van der Waals surface area contributed by atoms with Gasteiger partial charge in [-0.2, -0.15) is 4.68 Å². The Bertz CT molecular complexity index is 910. The van der Waals surface area contributed by atoms with Crippen molar-refractivity contribution >= 4 is 11.3 Å². The van der Waals surface area contributed by atoms with Crippen LogP contribution in [0.3, 0.4) is 0 Å². The molecule has 0 N–H and O–H groups in total. The van der Waals surface area contributed by atoms with Crippen molar-refractivity contribution in [1.29, 1.82) is 0 Å². The molecule has 1 saturated heterocycles. The molecule has 0 unspecified atom stereocenters. The third-order valence-corrected chi connectivity index (χ3v) is 4.39. The van der Waals surface area contributed by atoms with Crippen molar-refractivity contribution in [3.8, 4) is 0 Å². The first-order valence-corrected chi connectivity index (χ1v) is 7.98. The summed E-state index contributed by atoms with van der Waals surface area (Å²) in [4.78, 5) is 16.5. The van der Waals surface area contributed by atoms with E-state index in [1.54, 1.807) is 18.3 Å². The van der Waals surface area contributed by atoms with Gasteiger partial charge in [0.2, 0.25) is 0 Å². The molecule has 0 amide bonds. The van der Waals surface area contributed by atoms with Gasteiger partial charge in [-0.15, -0.1) is 5.10 Å². The number of nitrogens with zero attached hydrogens (tertiary/aromatic N) is 5. The highest BCUT2D eigenvalue weighted by molar-refractivity contribution is 5.48. The minimum Gasteiger partial charge on any atom is -0.367 e. The number of fused-ring (bicyclic) bond motifs is 1. The Balaban J connectivity index is 1.45. The number of hydrogen-bond donors (Lipinski definition) is 0. The Kier molecular flexibility index (Phi) is 3.78. The summed E-state index contributed by atoms with van der Waals surface area (Å²) in [6, 6.07) is 12.3. The molecule has 3 heterocycles. The fourth-order valence-corrected chi connectivity index (χ4v) is 3.09. The number of aromatic nitrogens is 3. The van der Waals surface area contributed by atoms with Crippen LogP contribution >= 0.6 is 0 Å². The smallest absolute Gasteiger partial charge is 0.351 e. The van der Waals surface area contributed by atoms with Crippen molar-refractivity contribution in [1.82, 2.24) is 19.1 Å². The van der Waals surface area contributed by atoms with Crippen LogP contribution in [0.4, 0.5) is 10.1 Å². The largest absolute Gasteiger partial charge is 0.367 e. The molecule has 1 aromatic carbocycles. The number of halogens is 1. The topological polar surface area (TPSA) is 45.8 Å². The maximum absolute atomic E-state index is 13.9. The number of hydrogen-bond acceptors (Lipinski definition) is 4. The molecule has 124 valence electrons. The SMILES string of the molecule is O=c1n(CN2CCN(c3ccccc3F)CC2)nc2ccccn12. The number of anilines is 1. The first kappa shape index (κ1) is 14.9. The van der Waals surface area contributed by atoms with Gasteiger partial charge in [-0.3, -0.25) is 9.30 Å². The molecule has 3 aromatic rings. The fourth-order valence-electron chi connectivity index (χ4n) is 3.09. The average Bonchev–Trinajstić information content (AvgIpc) is 2.93. The average molecular weight is 327 g/mol. The van der Waals surface area contributed by atoms with Gasteiger partial charge in [-0.25, -0.2) is 9.18 Å². The Hall–Kier alpha value is -2.67. The third-order valence-electron chi connectivity index (χ3n) is 4.39. The number of pyridine rings is 1. The van der Waals surface area contributed by atoms with E-state index >= 15 is 0 Å². The summed E-state index contributed by atoms with van der Waals surface area (Å²) >= 11 is 0. The first-order valence-electron chi connectivity index (χ1n) is 7.98. The molecule has 1 aliphatic heterocycles. The van der Waals surface area contributed by atoms with E-state index in [2.05, 4.69) is 10.00 Å². The van der Waals surface area contributed by atoms with E-state index in [-0.39, 0.29) is 11.5 Å². The van der Waals surface area contributed by atoms with Gasteiger partial charge in [0.05, 0.1) is 12.4 Å². The Morgan fingerprint density at radius 1 is 1.00 bits per heavy atom. The van der Waals surface area contributed by atoms with E-state index in [0.29, 0.717) is 18.0 Å². The Morgan fingerprint density at radius 2 is 1.75 bits per heavy atom. The highest BCUT2D eigenvalue weighted by Crippen LogP contribution is 2.20. The van der Waals surface area contributed by atoms with Crippen LogP contribution in [0.2, 0.25) is 0 Å². The molecule has 0 radical (unpaired) electrons. The first-order chi connectivity index (χ1) is 11.7. The van der Waals surface area contributed by atoms with Crippen LogP contribution in [0.15, 0.2) is 53.5 Å². The summed E-state index contributed by atoms with van der Waals surface area (Å²) in [7, 11) is 0. The number of benzene rings is 1. The van der Waals surface area contributed by atoms with Gasteiger partial charge in [0, 0.05) is 32.4 Å². The van der Waals surface area contributed by atoms with Gasteiger partial charge >= 0.3 is 5.69 Å². The number of para-hydroxylation sites is 1. The summed E-state index contributed by atoms with van der Waals surface area (Å²) in [5.74, 6) is -0.192. The van der Waals surface area contributed by atoms with E-state index in [0.717, 1.165) is 26.2 Å². The molecule has 0 spiro atoms. The minimum absolute atomic E-state index is 0.137. The van der Waals surface area contributed by atoms with Crippen molar-refractivity contribution in [3.63, 3.8) is 0 Å². The van der Waals surface area contributed by atoms with E-state index in [9.17, 15) is 9.18 Å². The van der Waals surface area contributed by atoms with Gasteiger partial charge in [-0.05, 0) is 24.3 Å². The zero-order valence-corrected chi connectivity index (χ0v) is 13.2. The number of rotatable bonds is 3. The van der Waals surface area contributed by atoms with Crippen molar-refractivity contribution in [3.05, 3.63) is 65.0 Å². The van der Waals surface area contributed by atoms with Gasteiger partial charge < -0.3 is 4.90 Å². The molecular formula is C17H18FN5O. The van der Waals surface area contributed by atoms with Gasteiger partial charge in [0.1, 0.15) is 5.82 Å². The van der Waals surface area contributed by atoms with Crippen LogP contribution in [-0.4, -0.2) is 45.3 Å². The lowest BCUT2D eigenvalue weighted by Gasteiger charge is -2.35. The zero-order chi connectivity index (χ0) is 16.5. The lowest BCUT2D eigenvalue weighted by atomic mass is 10.2. The van der Waals surface area contributed by atoms with Gasteiger partial charge in [0.25, 0.3) is 0 Å². The highest BCUT2D eigenvalue weighted by atomic mass is 19.1. The molecule has 6 nitrogen and oxygen atoms in total. The van der Waals surface area contributed by atoms with Crippen molar-refractivity contribution in [2.24, 2.45) is 0 Å². The number of piperazine rings is 1. The normalized spacial score (nSPS) is 16.0. The molecule has 24 heavy (non-hydrogen) atoms. The Labute approximate surface area is 138 Å².